The first-order valence-corrected chi connectivity index (χ1v) is 9.75. The molecule has 1 aliphatic carbocycles. The number of benzene rings is 2. The van der Waals surface area contributed by atoms with Crippen LogP contribution in [-0.4, -0.2) is 17.7 Å². The van der Waals surface area contributed by atoms with E-state index in [1.807, 2.05) is 18.2 Å². The molecule has 1 fully saturated rings. The van der Waals surface area contributed by atoms with Crippen molar-refractivity contribution in [2.45, 2.75) is 42.0 Å². The second kappa shape index (κ2) is 6.37. The largest absolute Gasteiger partial charge is 0.349 e. The molecule has 2 aromatic rings. The lowest BCUT2D eigenvalue weighted by Gasteiger charge is -2.08. The van der Waals surface area contributed by atoms with Crippen LogP contribution in [0.4, 0.5) is 5.69 Å². The molecule has 3 nitrogen and oxygen atoms in total. The molecule has 2 aromatic carbocycles. The van der Waals surface area contributed by atoms with Crippen LogP contribution in [0.25, 0.3) is 0 Å². The zero-order chi connectivity index (χ0) is 16.7. The molecule has 1 heterocycles. The molecular formula is C19H17BrN2OS. The number of halogens is 1. The van der Waals surface area contributed by atoms with Crippen molar-refractivity contribution in [3.63, 3.8) is 0 Å². The topological polar surface area (TPSA) is 41.5 Å². The Labute approximate surface area is 154 Å². The maximum Gasteiger partial charge on any atom is 0.251 e. The van der Waals surface area contributed by atoms with E-state index in [9.17, 15) is 4.79 Å². The van der Waals surface area contributed by atoms with Gasteiger partial charge < -0.3 is 5.32 Å². The summed E-state index contributed by atoms with van der Waals surface area (Å²) in [6.45, 7) is 2.11. The minimum Gasteiger partial charge on any atom is -0.349 e. The minimum absolute atomic E-state index is 0.00283. The fourth-order valence-corrected chi connectivity index (χ4v) is 4.11. The van der Waals surface area contributed by atoms with Gasteiger partial charge in [-0.05, 0) is 55.7 Å². The van der Waals surface area contributed by atoms with Crippen LogP contribution in [0.3, 0.4) is 0 Å². The van der Waals surface area contributed by atoms with Gasteiger partial charge in [-0.2, -0.15) is 0 Å². The quantitative estimate of drug-likeness (QED) is 0.755. The van der Waals surface area contributed by atoms with E-state index in [4.69, 9.17) is 4.99 Å². The SMILES string of the molecule is CCC1=Nc2cc(C(=O)NC3CC3)ccc2Sc2ccc(Br)cc21. The van der Waals surface area contributed by atoms with Crippen LogP contribution in [0.1, 0.15) is 42.1 Å². The lowest BCUT2D eigenvalue weighted by molar-refractivity contribution is 0.0951. The summed E-state index contributed by atoms with van der Waals surface area (Å²) in [5, 5.41) is 3.04. The molecular weight excluding hydrogens is 384 g/mol. The van der Waals surface area contributed by atoms with E-state index in [0.29, 0.717) is 11.6 Å². The van der Waals surface area contributed by atoms with Crippen LogP contribution < -0.4 is 5.32 Å². The van der Waals surface area contributed by atoms with E-state index in [1.54, 1.807) is 11.8 Å². The Bertz CT molecular complexity index is 858. The van der Waals surface area contributed by atoms with Crippen molar-refractivity contribution in [3.8, 4) is 0 Å². The standard InChI is InChI=1S/C19H17BrN2OS/c1-2-15-14-10-12(20)4-8-17(14)24-18-7-3-11(9-16(18)22-15)19(23)21-13-5-6-13/h3-4,7-10,13H,2,5-6H2,1H3,(H,21,23). The summed E-state index contributed by atoms with van der Waals surface area (Å²) in [5.74, 6) is 0.00283. The molecule has 4 rings (SSSR count). The van der Waals surface area contributed by atoms with Gasteiger partial charge in [0.25, 0.3) is 5.91 Å². The average Bonchev–Trinajstić information content (AvgIpc) is 3.40. The Kier molecular flexibility index (Phi) is 4.22. The van der Waals surface area contributed by atoms with E-state index in [-0.39, 0.29) is 5.91 Å². The highest BCUT2D eigenvalue weighted by atomic mass is 79.9. The Hall–Kier alpha value is -1.59. The van der Waals surface area contributed by atoms with Crippen LogP contribution in [-0.2, 0) is 0 Å². The van der Waals surface area contributed by atoms with Gasteiger partial charge in [0, 0.05) is 37.1 Å². The molecule has 2 aliphatic rings. The zero-order valence-corrected chi connectivity index (χ0v) is 15.7. The number of carbonyl (C=O) groups excluding carboxylic acids is 1. The Morgan fingerprint density at radius 3 is 2.79 bits per heavy atom. The molecule has 24 heavy (non-hydrogen) atoms. The minimum atomic E-state index is 0.00283. The number of rotatable bonds is 3. The third kappa shape index (κ3) is 3.15. The molecule has 0 bridgehead atoms. The van der Waals surface area contributed by atoms with Gasteiger partial charge in [0.1, 0.15) is 0 Å². The van der Waals surface area contributed by atoms with Crippen LogP contribution in [0.15, 0.2) is 55.7 Å². The predicted octanol–water partition coefficient (Wildman–Crippen LogP) is 5.34. The van der Waals surface area contributed by atoms with E-state index in [1.165, 1.54) is 4.90 Å². The first-order valence-electron chi connectivity index (χ1n) is 8.14. The second-order valence-corrected chi connectivity index (χ2v) is 8.08. The molecule has 1 amide bonds. The van der Waals surface area contributed by atoms with Crippen molar-refractivity contribution >= 4 is 45.0 Å². The number of hydrogen-bond acceptors (Lipinski definition) is 3. The number of carbonyl (C=O) groups is 1. The number of amides is 1. The van der Waals surface area contributed by atoms with Gasteiger partial charge in [-0.3, -0.25) is 9.79 Å². The third-order valence-corrected chi connectivity index (χ3v) is 5.83. The molecule has 1 saturated carbocycles. The van der Waals surface area contributed by atoms with Crippen LogP contribution >= 0.6 is 27.7 Å². The highest BCUT2D eigenvalue weighted by molar-refractivity contribution is 9.10. The number of nitrogens with zero attached hydrogens (tertiary/aromatic N) is 1. The smallest absolute Gasteiger partial charge is 0.251 e. The van der Waals surface area contributed by atoms with Crippen molar-refractivity contribution in [3.05, 3.63) is 52.0 Å². The van der Waals surface area contributed by atoms with Crippen molar-refractivity contribution in [2.24, 2.45) is 4.99 Å². The van der Waals surface area contributed by atoms with Gasteiger partial charge in [-0.1, -0.05) is 34.6 Å². The van der Waals surface area contributed by atoms with Gasteiger partial charge in [-0.15, -0.1) is 0 Å². The van der Waals surface area contributed by atoms with Crippen molar-refractivity contribution in [2.75, 3.05) is 0 Å². The molecule has 5 heteroatoms. The molecule has 0 radical (unpaired) electrons. The molecule has 1 aliphatic heterocycles. The lowest BCUT2D eigenvalue weighted by Crippen LogP contribution is -2.25. The first-order chi connectivity index (χ1) is 11.6. The number of hydrogen-bond donors (Lipinski definition) is 1. The molecule has 0 atom stereocenters. The summed E-state index contributed by atoms with van der Waals surface area (Å²) in [6, 6.07) is 12.5. The van der Waals surface area contributed by atoms with Crippen LogP contribution in [0.5, 0.6) is 0 Å². The van der Waals surface area contributed by atoms with Crippen molar-refractivity contribution < 1.29 is 4.79 Å². The van der Waals surface area contributed by atoms with Crippen LogP contribution in [0, 0.1) is 0 Å². The van der Waals surface area contributed by atoms with Crippen molar-refractivity contribution in [1.29, 1.82) is 0 Å². The molecule has 122 valence electrons. The van der Waals surface area contributed by atoms with E-state index in [0.717, 1.165) is 45.6 Å². The zero-order valence-electron chi connectivity index (χ0n) is 13.3. The number of fused-ring (bicyclic) bond motifs is 2. The van der Waals surface area contributed by atoms with Gasteiger partial charge in [-0.25, -0.2) is 0 Å². The summed E-state index contributed by atoms with van der Waals surface area (Å²) in [6.07, 6.45) is 3.03. The summed E-state index contributed by atoms with van der Waals surface area (Å²) < 4.78 is 1.05. The number of nitrogens with one attached hydrogen (secondary N) is 1. The summed E-state index contributed by atoms with van der Waals surface area (Å²) in [7, 11) is 0. The molecule has 0 unspecified atom stereocenters. The Morgan fingerprint density at radius 2 is 2.04 bits per heavy atom. The van der Waals surface area contributed by atoms with Gasteiger partial charge in [0.2, 0.25) is 0 Å². The summed E-state index contributed by atoms with van der Waals surface area (Å²) in [4.78, 5) is 19.5. The van der Waals surface area contributed by atoms with E-state index in [2.05, 4.69) is 46.4 Å². The second-order valence-electron chi connectivity index (χ2n) is 6.08. The Balaban J connectivity index is 1.75. The van der Waals surface area contributed by atoms with Gasteiger partial charge in [0.15, 0.2) is 0 Å². The maximum absolute atomic E-state index is 12.3. The van der Waals surface area contributed by atoms with Crippen LogP contribution in [0.2, 0.25) is 0 Å². The van der Waals surface area contributed by atoms with E-state index < -0.39 is 0 Å². The van der Waals surface area contributed by atoms with Gasteiger partial charge in [0.05, 0.1) is 5.69 Å². The maximum atomic E-state index is 12.3. The normalized spacial score (nSPS) is 15.8. The first kappa shape index (κ1) is 15.9. The van der Waals surface area contributed by atoms with Gasteiger partial charge >= 0.3 is 0 Å². The highest BCUT2D eigenvalue weighted by Gasteiger charge is 2.24. The highest BCUT2D eigenvalue weighted by Crippen LogP contribution is 2.41. The Morgan fingerprint density at radius 1 is 1.25 bits per heavy atom. The summed E-state index contributed by atoms with van der Waals surface area (Å²) in [5.41, 5.74) is 3.79. The monoisotopic (exact) mass is 400 g/mol. The number of aliphatic imine (C=N–C) groups is 1. The molecule has 0 aromatic heterocycles. The fraction of sp³-hybridized carbons (Fsp3) is 0.263. The van der Waals surface area contributed by atoms with E-state index >= 15 is 0 Å². The predicted molar refractivity (Wildman–Crippen MR) is 102 cm³/mol. The average molecular weight is 401 g/mol. The lowest BCUT2D eigenvalue weighted by atomic mass is 10.1. The molecule has 1 N–H and O–H groups in total. The molecule has 0 saturated heterocycles. The summed E-state index contributed by atoms with van der Waals surface area (Å²) >= 11 is 5.26. The molecule has 0 spiro atoms. The van der Waals surface area contributed by atoms with Crippen molar-refractivity contribution in [1.82, 2.24) is 5.32 Å². The fourth-order valence-electron chi connectivity index (χ4n) is 2.74. The third-order valence-electron chi connectivity index (χ3n) is 4.20.